The number of thioether (sulfide) groups is 1. The first-order valence-electron chi connectivity index (χ1n) is 5.60. The third-order valence-corrected chi connectivity index (χ3v) is 5.82. The number of hydrogen-bond donors (Lipinski definition) is 1. The van der Waals surface area contributed by atoms with E-state index in [-0.39, 0.29) is 6.42 Å². The van der Waals surface area contributed by atoms with Crippen LogP contribution in [0, 0.1) is 6.92 Å². The SMILES string of the molecule is Cc1nc(CSc2ccccc2Br)sc1CC(=O)O. The van der Waals surface area contributed by atoms with Gasteiger partial charge in [-0.25, -0.2) is 4.98 Å². The standard InChI is InChI=1S/C13H12BrNO2S2/c1-8-11(6-13(16)17)19-12(15-8)7-18-10-5-3-2-4-9(10)14/h2-5H,6-7H2,1H3,(H,16,17). The molecule has 0 amide bonds. The zero-order chi connectivity index (χ0) is 13.8. The van der Waals surface area contributed by atoms with Gasteiger partial charge in [-0.15, -0.1) is 23.1 Å². The van der Waals surface area contributed by atoms with E-state index in [1.165, 1.54) is 11.3 Å². The van der Waals surface area contributed by atoms with Crippen LogP contribution in [0.2, 0.25) is 0 Å². The second-order valence-corrected chi connectivity index (χ2v) is 6.95. The number of aliphatic carboxylic acids is 1. The highest BCUT2D eigenvalue weighted by atomic mass is 79.9. The Bertz CT molecular complexity index is 598. The molecule has 0 aliphatic carbocycles. The van der Waals surface area contributed by atoms with E-state index in [1.54, 1.807) is 11.8 Å². The summed E-state index contributed by atoms with van der Waals surface area (Å²) in [7, 11) is 0. The van der Waals surface area contributed by atoms with E-state index in [4.69, 9.17) is 5.11 Å². The average Bonchev–Trinajstić information content (AvgIpc) is 2.68. The summed E-state index contributed by atoms with van der Waals surface area (Å²) in [5.74, 6) is -0.0509. The van der Waals surface area contributed by atoms with Crippen molar-refractivity contribution in [1.29, 1.82) is 0 Å². The Morgan fingerprint density at radius 2 is 2.21 bits per heavy atom. The maximum atomic E-state index is 10.7. The van der Waals surface area contributed by atoms with E-state index in [1.807, 2.05) is 31.2 Å². The lowest BCUT2D eigenvalue weighted by Gasteiger charge is -2.01. The van der Waals surface area contributed by atoms with E-state index in [9.17, 15) is 4.79 Å². The van der Waals surface area contributed by atoms with Crippen LogP contribution in [0.25, 0.3) is 0 Å². The maximum absolute atomic E-state index is 10.7. The highest BCUT2D eigenvalue weighted by Crippen LogP contribution is 2.31. The van der Waals surface area contributed by atoms with Crippen LogP contribution in [0.1, 0.15) is 15.6 Å². The minimum atomic E-state index is -0.809. The summed E-state index contributed by atoms with van der Waals surface area (Å²) in [4.78, 5) is 17.2. The Kier molecular flexibility index (Phi) is 5.01. The summed E-state index contributed by atoms with van der Waals surface area (Å²) in [5.41, 5.74) is 0.829. The first kappa shape index (κ1) is 14.6. The molecule has 0 spiro atoms. The zero-order valence-electron chi connectivity index (χ0n) is 10.2. The quantitative estimate of drug-likeness (QED) is 0.817. The van der Waals surface area contributed by atoms with Crippen molar-refractivity contribution in [1.82, 2.24) is 4.98 Å². The van der Waals surface area contributed by atoms with Crippen LogP contribution < -0.4 is 0 Å². The molecule has 6 heteroatoms. The maximum Gasteiger partial charge on any atom is 0.308 e. The van der Waals surface area contributed by atoms with Crippen LogP contribution in [-0.2, 0) is 17.0 Å². The number of thiazole rings is 1. The van der Waals surface area contributed by atoms with Crippen molar-refractivity contribution >= 4 is 45.0 Å². The summed E-state index contributed by atoms with van der Waals surface area (Å²) < 4.78 is 1.07. The van der Waals surface area contributed by atoms with Crippen molar-refractivity contribution in [2.45, 2.75) is 24.0 Å². The molecule has 0 unspecified atom stereocenters. The molecule has 0 aliphatic rings. The number of benzene rings is 1. The number of aryl methyl sites for hydroxylation is 1. The summed E-state index contributed by atoms with van der Waals surface area (Å²) in [6.07, 6.45) is 0.0587. The zero-order valence-corrected chi connectivity index (χ0v) is 13.4. The normalized spacial score (nSPS) is 10.6. The largest absolute Gasteiger partial charge is 0.481 e. The average molecular weight is 358 g/mol. The van der Waals surface area contributed by atoms with E-state index in [2.05, 4.69) is 20.9 Å². The van der Waals surface area contributed by atoms with Crippen molar-refractivity contribution in [2.75, 3.05) is 0 Å². The van der Waals surface area contributed by atoms with Gasteiger partial charge < -0.3 is 5.11 Å². The first-order chi connectivity index (χ1) is 9.06. The van der Waals surface area contributed by atoms with Crippen LogP contribution in [0.4, 0.5) is 0 Å². The number of nitrogens with zero attached hydrogens (tertiary/aromatic N) is 1. The Labute approximate surface area is 128 Å². The molecular weight excluding hydrogens is 346 g/mol. The molecule has 0 fully saturated rings. The molecule has 2 rings (SSSR count). The van der Waals surface area contributed by atoms with Crippen LogP contribution in [0.5, 0.6) is 0 Å². The van der Waals surface area contributed by atoms with Crippen molar-refractivity contribution < 1.29 is 9.90 Å². The van der Waals surface area contributed by atoms with Crippen LogP contribution in [0.3, 0.4) is 0 Å². The second-order valence-electron chi connectivity index (χ2n) is 3.91. The van der Waals surface area contributed by atoms with E-state index in [0.29, 0.717) is 0 Å². The molecule has 1 heterocycles. The van der Waals surface area contributed by atoms with Gasteiger partial charge in [-0.1, -0.05) is 12.1 Å². The number of carboxylic acids is 1. The summed E-state index contributed by atoms with van der Waals surface area (Å²) >= 11 is 6.69. The van der Waals surface area contributed by atoms with Gasteiger partial charge in [0.05, 0.1) is 17.9 Å². The molecule has 100 valence electrons. The number of carbonyl (C=O) groups is 1. The Balaban J connectivity index is 2.04. The fourth-order valence-corrected chi connectivity index (χ4v) is 4.17. The van der Waals surface area contributed by atoms with Crippen molar-refractivity contribution in [2.24, 2.45) is 0 Å². The Hall–Kier alpha value is -0.850. The van der Waals surface area contributed by atoms with Gasteiger partial charge in [0, 0.05) is 14.2 Å². The molecular formula is C13H12BrNO2S2. The Morgan fingerprint density at radius 1 is 1.47 bits per heavy atom. The van der Waals surface area contributed by atoms with E-state index < -0.39 is 5.97 Å². The van der Waals surface area contributed by atoms with Gasteiger partial charge in [0.15, 0.2) is 0 Å². The third kappa shape index (κ3) is 4.06. The van der Waals surface area contributed by atoms with Gasteiger partial charge in [-0.3, -0.25) is 4.79 Å². The van der Waals surface area contributed by atoms with Gasteiger partial charge in [-0.2, -0.15) is 0 Å². The molecule has 1 aromatic heterocycles. The topological polar surface area (TPSA) is 50.2 Å². The Morgan fingerprint density at radius 3 is 2.89 bits per heavy atom. The van der Waals surface area contributed by atoms with Gasteiger partial charge in [0.25, 0.3) is 0 Å². The molecule has 3 nitrogen and oxygen atoms in total. The lowest BCUT2D eigenvalue weighted by molar-refractivity contribution is -0.136. The third-order valence-electron chi connectivity index (χ3n) is 2.44. The molecule has 0 bridgehead atoms. The summed E-state index contributed by atoms with van der Waals surface area (Å²) in [5, 5.41) is 9.78. The number of halogens is 1. The smallest absolute Gasteiger partial charge is 0.308 e. The number of aromatic nitrogens is 1. The molecule has 2 aromatic rings. The van der Waals surface area contributed by atoms with Gasteiger partial charge in [-0.05, 0) is 35.0 Å². The molecule has 0 aliphatic heterocycles. The molecule has 19 heavy (non-hydrogen) atoms. The highest BCUT2D eigenvalue weighted by molar-refractivity contribution is 9.10. The first-order valence-corrected chi connectivity index (χ1v) is 8.20. The van der Waals surface area contributed by atoms with Gasteiger partial charge in [0.1, 0.15) is 5.01 Å². The molecule has 0 saturated carbocycles. The fourth-order valence-electron chi connectivity index (χ4n) is 1.55. The monoisotopic (exact) mass is 357 g/mol. The van der Waals surface area contributed by atoms with Crippen molar-refractivity contribution in [3.63, 3.8) is 0 Å². The lowest BCUT2D eigenvalue weighted by Crippen LogP contribution is -1.99. The summed E-state index contributed by atoms with van der Waals surface area (Å²) in [6, 6.07) is 8.03. The molecule has 0 saturated heterocycles. The lowest BCUT2D eigenvalue weighted by atomic mass is 10.3. The minimum Gasteiger partial charge on any atom is -0.481 e. The molecule has 0 radical (unpaired) electrons. The number of hydrogen-bond acceptors (Lipinski definition) is 4. The van der Waals surface area contributed by atoms with Crippen LogP contribution in [-0.4, -0.2) is 16.1 Å². The predicted octanol–water partition coefficient (Wildman–Crippen LogP) is 4.13. The number of rotatable bonds is 5. The highest BCUT2D eigenvalue weighted by Gasteiger charge is 2.11. The minimum absolute atomic E-state index is 0.0587. The second kappa shape index (κ2) is 6.54. The predicted molar refractivity (Wildman–Crippen MR) is 81.9 cm³/mol. The fraction of sp³-hybridized carbons (Fsp3) is 0.231. The van der Waals surface area contributed by atoms with Crippen LogP contribution in [0.15, 0.2) is 33.6 Å². The summed E-state index contributed by atoms with van der Waals surface area (Å²) in [6.45, 7) is 1.86. The van der Waals surface area contributed by atoms with Gasteiger partial charge in [0.2, 0.25) is 0 Å². The molecule has 0 atom stereocenters. The number of carboxylic acid groups (broad SMARTS) is 1. The van der Waals surface area contributed by atoms with Crippen molar-refractivity contribution in [3.05, 3.63) is 44.3 Å². The van der Waals surface area contributed by atoms with E-state index >= 15 is 0 Å². The van der Waals surface area contributed by atoms with Crippen LogP contribution >= 0.6 is 39.0 Å². The molecule has 1 N–H and O–H groups in total. The van der Waals surface area contributed by atoms with Crippen molar-refractivity contribution in [3.8, 4) is 0 Å². The van der Waals surface area contributed by atoms with E-state index in [0.717, 1.165) is 30.7 Å². The molecule has 1 aromatic carbocycles. The van der Waals surface area contributed by atoms with Gasteiger partial charge >= 0.3 is 5.97 Å².